The van der Waals surface area contributed by atoms with Crippen molar-refractivity contribution >= 4 is 5.71 Å². The monoisotopic (exact) mass is 291 g/mol. The molecule has 1 fully saturated rings. The molecule has 114 valence electrons. The van der Waals surface area contributed by atoms with Gasteiger partial charge in [0.1, 0.15) is 0 Å². The van der Waals surface area contributed by atoms with Gasteiger partial charge in [0.2, 0.25) is 0 Å². The summed E-state index contributed by atoms with van der Waals surface area (Å²) in [5.41, 5.74) is 4.27. The van der Waals surface area contributed by atoms with Crippen LogP contribution < -0.4 is 0 Å². The van der Waals surface area contributed by atoms with Crippen molar-refractivity contribution in [1.29, 1.82) is 0 Å². The summed E-state index contributed by atoms with van der Waals surface area (Å²) in [5.74, 6) is 1.09. The van der Waals surface area contributed by atoms with Gasteiger partial charge in [0.15, 0.2) is 0 Å². The second-order valence-electron chi connectivity index (χ2n) is 7.29. The third kappa shape index (κ3) is 3.47. The number of nitrogens with zero attached hydrogens (tertiary/aromatic N) is 1. The Morgan fingerprint density at radius 1 is 0.727 bits per heavy atom. The van der Waals surface area contributed by atoms with Gasteiger partial charge in [-0.05, 0) is 56.6 Å². The molecule has 0 saturated heterocycles. The van der Waals surface area contributed by atoms with Crippen LogP contribution >= 0.6 is 0 Å². The van der Waals surface area contributed by atoms with E-state index in [-0.39, 0.29) is 5.54 Å². The summed E-state index contributed by atoms with van der Waals surface area (Å²) in [5, 5.41) is 0. The Balaban J connectivity index is 1.96. The van der Waals surface area contributed by atoms with E-state index in [0.717, 1.165) is 12.8 Å². The summed E-state index contributed by atoms with van der Waals surface area (Å²) in [7, 11) is 0. The zero-order chi connectivity index (χ0) is 15.6. The zero-order valence-corrected chi connectivity index (χ0v) is 13.8. The van der Waals surface area contributed by atoms with Gasteiger partial charge in [-0.25, -0.2) is 0 Å². The molecular formula is C21H25N. The van der Waals surface area contributed by atoms with Crippen LogP contribution in [0.1, 0.15) is 56.6 Å². The van der Waals surface area contributed by atoms with E-state index in [2.05, 4.69) is 81.4 Å². The Bertz CT molecular complexity index is 585. The van der Waals surface area contributed by atoms with Gasteiger partial charge in [0.25, 0.3) is 0 Å². The summed E-state index contributed by atoms with van der Waals surface area (Å²) in [6, 6.07) is 21.8. The summed E-state index contributed by atoms with van der Waals surface area (Å²) >= 11 is 0. The molecule has 0 amide bonds. The Hall–Kier alpha value is -1.89. The quantitative estimate of drug-likeness (QED) is 0.684. The highest BCUT2D eigenvalue weighted by molar-refractivity contribution is 5.89. The molecule has 2 aromatic rings. The van der Waals surface area contributed by atoms with Crippen molar-refractivity contribution in [3.8, 4) is 0 Å². The summed E-state index contributed by atoms with van der Waals surface area (Å²) in [4.78, 5) is 4.98. The lowest BCUT2D eigenvalue weighted by Crippen LogP contribution is -2.12. The van der Waals surface area contributed by atoms with Gasteiger partial charge in [-0.1, -0.05) is 60.7 Å². The van der Waals surface area contributed by atoms with Gasteiger partial charge in [0.05, 0.1) is 5.54 Å². The molecule has 0 bridgehead atoms. The minimum atomic E-state index is 0.0160. The molecule has 0 aromatic heterocycles. The largest absolute Gasteiger partial charge is 0.288 e. The fourth-order valence-electron chi connectivity index (χ4n) is 3.54. The normalized spacial score (nSPS) is 21.9. The average Bonchev–Trinajstić information content (AvgIpc) is 2.91. The fourth-order valence-corrected chi connectivity index (χ4v) is 3.54. The topological polar surface area (TPSA) is 12.4 Å². The van der Waals surface area contributed by atoms with Crippen molar-refractivity contribution in [2.24, 2.45) is 4.99 Å². The Labute approximate surface area is 134 Å². The zero-order valence-electron chi connectivity index (χ0n) is 13.8. The van der Waals surface area contributed by atoms with Crippen molar-refractivity contribution in [2.45, 2.75) is 51.0 Å². The van der Waals surface area contributed by atoms with Crippen LogP contribution in [0.5, 0.6) is 0 Å². The van der Waals surface area contributed by atoms with Crippen LogP contribution in [0.15, 0.2) is 65.7 Å². The lowest BCUT2D eigenvalue weighted by Gasteiger charge is -2.19. The fraction of sp³-hybridized carbons (Fsp3) is 0.381. The Kier molecular flexibility index (Phi) is 4.15. The van der Waals surface area contributed by atoms with Crippen LogP contribution in [-0.4, -0.2) is 11.3 Å². The van der Waals surface area contributed by atoms with E-state index < -0.39 is 0 Å². The van der Waals surface area contributed by atoms with Gasteiger partial charge >= 0.3 is 0 Å². The van der Waals surface area contributed by atoms with Crippen LogP contribution in [0.25, 0.3) is 0 Å². The smallest absolute Gasteiger partial charge is 0.0523 e. The second kappa shape index (κ2) is 6.08. The number of hydrogen-bond donors (Lipinski definition) is 0. The molecule has 3 rings (SSSR count). The predicted molar refractivity (Wildman–Crippen MR) is 94.8 cm³/mol. The van der Waals surface area contributed by atoms with E-state index >= 15 is 0 Å². The molecular weight excluding hydrogens is 266 g/mol. The molecule has 1 saturated carbocycles. The maximum Gasteiger partial charge on any atom is 0.0523 e. The van der Waals surface area contributed by atoms with Crippen molar-refractivity contribution < 1.29 is 0 Å². The van der Waals surface area contributed by atoms with Crippen LogP contribution in [0.2, 0.25) is 0 Å². The minimum Gasteiger partial charge on any atom is -0.288 e. The molecule has 1 aliphatic rings. The highest BCUT2D eigenvalue weighted by Crippen LogP contribution is 2.45. The molecule has 2 aromatic carbocycles. The van der Waals surface area contributed by atoms with E-state index in [1.807, 2.05) is 0 Å². The minimum absolute atomic E-state index is 0.0160. The standard InChI is InChI=1S/C21H25N/c1-21(2,3)22-18-14-19(16-10-6-4-7-11-16)20(15-18)17-12-8-5-9-13-17/h4-13,19-20H,14-15H2,1-3H3/t19-,20-/m0/s1. The molecule has 0 aliphatic heterocycles. The van der Waals surface area contributed by atoms with Crippen molar-refractivity contribution in [2.75, 3.05) is 0 Å². The third-order valence-electron chi connectivity index (χ3n) is 4.35. The SMILES string of the molecule is CC(C)(C)N=C1C[C@@H](c2ccccc2)[C@H](c2ccccc2)C1. The van der Waals surface area contributed by atoms with Crippen LogP contribution in [0.4, 0.5) is 0 Å². The highest BCUT2D eigenvalue weighted by atomic mass is 14.8. The van der Waals surface area contributed by atoms with Gasteiger partial charge in [-0.3, -0.25) is 4.99 Å². The van der Waals surface area contributed by atoms with Crippen molar-refractivity contribution in [1.82, 2.24) is 0 Å². The number of rotatable bonds is 2. The predicted octanol–water partition coefficient (Wildman–Crippen LogP) is 5.59. The molecule has 0 unspecified atom stereocenters. The van der Waals surface area contributed by atoms with Gasteiger partial charge in [-0.15, -0.1) is 0 Å². The third-order valence-corrected chi connectivity index (χ3v) is 4.35. The molecule has 0 spiro atoms. The highest BCUT2D eigenvalue weighted by Gasteiger charge is 2.34. The van der Waals surface area contributed by atoms with Gasteiger partial charge in [0, 0.05) is 5.71 Å². The molecule has 2 atom stereocenters. The first-order valence-electron chi connectivity index (χ1n) is 8.20. The van der Waals surface area contributed by atoms with E-state index in [0.29, 0.717) is 11.8 Å². The average molecular weight is 291 g/mol. The lowest BCUT2D eigenvalue weighted by molar-refractivity contribution is 0.581. The first-order valence-corrected chi connectivity index (χ1v) is 8.20. The van der Waals surface area contributed by atoms with E-state index in [4.69, 9.17) is 4.99 Å². The van der Waals surface area contributed by atoms with Crippen LogP contribution in [0.3, 0.4) is 0 Å². The summed E-state index contributed by atoms with van der Waals surface area (Å²) < 4.78 is 0. The molecule has 22 heavy (non-hydrogen) atoms. The van der Waals surface area contributed by atoms with E-state index in [9.17, 15) is 0 Å². The first-order chi connectivity index (χ1) is 10.5. The van der Waals surface area contributed by atoms with E-state index in [1.165, 1.54) is 16.8 Å². The molecule has 0 radical (unpaired) electrons. The number of hydrogen-bond acceptors (Lipinski definition) is 1. The number of benzene rings is 2. The maximum absolute atomic E-state index is 4.98. The molecule has 1 aliphatic carbocycles. The van der Waals surface area contributed by atoms with Gasteiger partial charge in [-0.2, -0.15) is 0 Å². The van der Waals surface area contributed by atoms with Crippen molar-refractivity contribution in [3.63, 3.8) is 0 Å². The Morgan fingerprint density at radius 3 is 1.50 bits per heavy atom. The Morgan fingerprint density at radius 2 is 1.14 bits per heavy atom. The summed E-state index contributed by atoms with van der Waals surface area (Å²) in [6.07, 6.45) is 2.17. The summed E-state index contributed by atoms with van der Waals surface area (Å²) in [6.45, 7) is 6.56. The maximum atomic E-state index is 4.98. The molecule has 1 nitrogen and oxygen atoms in total. The second-order valence-corrected chi connectivity index (χ2v) is 7.29. The van der Waals surface area contributed by atoms with Crippen molar-refractivity contribution in [3.05, 3.63) is 71.8 Å². The molecule has 0 N–H and O–H groups in total. The van der Waals surface area contributed by atoms with E-state index in [1.54, 1.807) is 0 Å². The molecule has 1 heteroatoms. The molecule has 0 heterocycles. The van der Waals surface area contributed by atoms with Gasteiger partial charge < -0.3 is 0 Å². The number of aliphatic imine (C=N–C) groups is 1. The van der Waals surface area contributed by atoms with Crippen LogP contribution in [-0.2, 0) is 0 Å². The first kappa shape index (κ1) is 15.0. The van der Waals surface area contributed by atoms with Crippen LogP contribution in [0, 0.1) is 0 Å². The lowest BCUT2D eigenvalue weighted by atomic mass is 9.84.